The van der Waals surface area contributed by atoms with Gasteiger partial charge in [-0.05, 0) is 70.4 Å². The van der Waals surface area contributed by atoms with Crippen LogP contribution in [0.1, 0.15) is 0 Å². The summed E-state index contributed by atoms with van der Waals surface area (Å²) in [5.41, 5.74) is 10.1. The molecule has 0 unspecified atom stereocenters. The van der Waals surface area contributed by atoms with Gasteiger partial charge in [0.15, 0.2) is 17.5 Å². The Balaban J connectivity index is 1.12. The number of fused-ring (bicyclic) bond motifs is 8. The first kappa shape index (κ1) is 30.3. The Kier molecular flexibility index (Phi) is 6.79. The molecule has 0 bridgehead atoms. The Hall–Kier alpha value is -7.37. The van der Waals surface area contributed by atoms with Crippen LogP contribution in [0, 0.1) is 0 Å². The fraction of sp³-hybridized carbons (Fsp3) is 0. The van der Waals surface area contributed by atoms with Gasteiger partial charge in [0.1, 0.15) is 11.2 Å². The van der Waals surface area contributed by atoms with Gasteiger partial charge in [-0.2, -0.15) is 0 Å². The summed E-state index contributed by atoms with van der Waals surface area (Å²) in [6.07, 6.45) is 0. The summed E-state index contributed by atoms with van der Waals surface area (Å²) in [5.74, 6) is 1.85. The fourth-order valence-corrected chi connectivity index (χ4v) is 7.95. The summed E-state index contributed by atoms with van der Waals surface area (Å²) in [5, 5.41) is 6.93. The molecule has 11 aromatic rings. The maximum absolute atomic E-state index is 6.49. The molecule has 0 atom stereocenters. The van der Waals surface area contributed by atoms with Crippen molar-refractivity contribution in [2.75, 3.05) is 0 Å². The summed E-state index contributed by atoms with van der Waals surface area (Å²) in [4.78, 5) is 15.1. The first-order valence-electron chi connectivity index (χ1n) is 18.1. The van der Waals surface area contributed by atoms with Crippen LogP contribution in [-0.2, 0) is 0 Å². The highest BCUT2D eigenvalue weighted by Crippen LogP contribution is 2.41. The highest BCUT2D eigenvalue weighted by atomic mass is 16.3. The van der Waals surface area contributed by atoms with E-state index in [0.29, 0.717) is 17.5 Å². The fourth-order valence-electron chi connectivity index (χ4n) is 7.95. The van der Waals surface area contributed by atoms with E-state index >= 15 is 0 Å². The van der Waals surface area contributed by atoms with E-state index in [4.69, 9.17) is 19.4 Å². The van der Waals surface area contributed by atoms with Crippen LogP contribution in [0.5, 0.6) is 0 Å². The number of furan rings is 1. The number of rotatable bonds is 5. The van der Waals surface area contributed by atoms with Gasteiger partial charge >= 0.3 is 0 Å². The van der Waals surface area contributed by atoms with E-state index < -0.39 is 0 Å². The lowest BCUT2D eigenvalue weighted by atomic mass is 9.98. The first-order valence-corrected chi connectivity index (χ1v) is 18.1. The zero-order valence-electron chi connectivity index (χ0n) is 29.0. The average Bonchev–Trinajstić information content (AvgIpc) is 3.80. The van der Waals surface area contributed by atoms with Crippen LogP contribution in [0.3, 0.4) is 0 Å². The lowest BCUT2D eigenvalue weighted by Crippen LogP contribution is -2.00. The molecule has 252 valence electrons. The second-order valence-corrected chi connectivity index (χ2v) is 13.6. The highest BCUT2D eigenvalue weighted by Gasteiger charge is 2.20. The molecule has 5 heteroatoms. The molecule has 0 N–H and O–H groups in total. The number of hydrogen-bond acceptors (Lipinski definition) is 4. The molecular formula is C49H30N4O. The molecule has 0 spiro atoms. The van der Waals surface area contributed by atoms with Crippen molar-refractivity contribution < 1.29 is 4.42 Å². The van der Waals surface area contributed by atoms with Gasteiger partial charge < -0.3 is 8.98 Å². The Morgan fingerprint density at radius 2 is 0.981 bits per heavy atom. The smallest absolute Gasteiger partial charge is 0.164 e. The first-order chi connectivity index (χ1) is 26.8. The molecule has 11 rings (SSSR count). The van der Waals surface area contributed by atoms with Gasteiger partial charge in [0.2, 0.25) is 0 Å². The minimum atomic E-state index is 0.600. The molecule has 0 aliphatic heterocycles. The second kappa shape index (κ2) is 12.1. The third-order valence-corrected chi connectivity index (χ3v) is 10.4. The van der Waals surface area contributed by atoms with E-state index in [2.05, 4.69) is 114 Å². The van der Waals surface area contributed by atoms with Crippen molar-refractivity contribution in [2.45, 2.75) is 0 Å². The Morgan fingerprint density at radius 1 is 0.370 bits per heavy atom. The van der Waals surface area contributed by atoms with E-state index in [1.54, 1.807) is 0 Å². The summed E-state index contributed by atoms with van der Waals surface area (Å²) in [6, 6.07) is 63.4. The summed E-state index contributed by atoms with van der Waals surface area (Å²) >= 11 is 0. The molecule has 5 nitrogen and oxygen atoms in total. The summed E-state index contributed by atoms with van der Waals surface area (Å²) in [7, 11) is 0. The molecule has 8 aromatic carbocycles. The zero-order valence-corrected chi connectivity index (χ0v) is 29.0. The van der Waals surface area contributed by atoms with E-state index in [9.17, 15) is 0 Å². The van der Waals surface area contributed by atoms with Gasteiger partial charge in [0.05, 0.1) is 11.0 Å². The number of benzene rings is 8. The molecular weight excluding hydrogens is 661 g/mol. The third kappa shape index (κ3) is 4.83. The second-order valence-electron chi connectivity index (χ2n) is 13.6. The van der Waals surface area contributed by atoms with Gasteiger partial charge in [0, 0.05) is 43.9 Å². The molecule has 54 heavy (non-hydrogen) atoms. The highest BCUT2D eigenvalue weighted by molar-refractivity contribution is 6.22. The number of aromatic nitrogens is 4. The average molecular weight is 691 g/mol. The number of para-hydroxylation sites is 1. The largest absolute Gasteiger partial charge is 0.456 e. The quantitative estimate of drug-likeness (QED) is 0.180. The minimum Gasteiger partial charge on any atom is -0.456 e. The predicted molar refractivity (Wildman–Crippen MR) is 221 cm³/mol. The molecule has 3 aromatic heterocycles. The lowest BCUT2D eigenvalue weighted by molar-refractivity contribution is 0.669. The van der Waals surface area contributed by atoms with Gasteiger partial charge in [-0.25, -0.2) is 15.0 Å². The molecule has 0 amide bonds. The van der Waals surface area contributed by atoms with Crippen molar-refractivity contribution in [3.8, 4) is 51.0 Å². The summed E-state index contributed by atoms with van der Waals surface area (Å²) < 4.78 is 8.87. The number of nitrogens with zero attached hydrogens (tertiary/aromatic N) is 4. The monoisotopic (exact) mass is 690 g/mol. The van der Waals surface area contributed by atoms with Crippen molar-refractivity contribution in [1.29, 1.82) is 0 Å². The third-order valence-electron chi connectivity index (χ3n) is 10.4. The van der Waals surface area contributed by atoms with Crippen molar-refractivity contribution in [1.82, 2.24) is 19.5 Å². The summed E-state index contributed by atoms with van der Waals surface area (Å²) in [6.45, 7) is 0. The van der Waals surface area contributed by atoms with Crippen molar-refractivity contribution in [2.24, 2.45) is 0 Å². The molecule has 0 aliphatic rings. The van der Waals surface area contributed by atoms with Gasteiger partial charge in [-0.3, -0.25) is 0 Å². The van der Waals surface area contributed by atoms with Crippen LogP contribution < -0.4 is 0 Å². The topological polar surface area (TPSA) is 56.7 Å². The van der Waals surface area contributed by atoms with E-state index in [1.807, 2.05) is 72.8 Å². The molecule has 0 saturated carbocycles. The van der Waals surface area contributed by atoms with Crippen LogP contribution >= 0.6 is 0 Å². The SMILES string of the molecule is c1ccc(-c2nc(-c3ccccc3)nc(-c3cccc4oc5ccc(-c6ccc7c(c6)c6c8ccccc8ccc6n7-c6ccccc6)cc5c34)n2)cc1. The maximum atomic E-state index is 6.49. The zero-order chi connectivity index (χ0) is 35.6. The van der Waals surface area contributed by atoms with Gasteiger partial charge in [-0.1, -0.05) is 133 Å². The molecule has 0 saturated heterocycles. The van der Waals surface area contributed by atoms with Crippen molar-refractivity contribution in [3.63, 3.8) is 0 Å². The maximum Gasteiger partial charge on any atom is 0.164 e. The van der Waals surface area contributed by atoms with E-state index in [0.717, 1.165) is 55.4 Å². The molecule has 0 fully saturated rings. The van der Waals surface area contributed by atoms with Gasteiger partial charge in [-0.15, -0.1) is 0 Å². The number of hydrogen-bond donors (Lipinski definition) is 0. The Labute approximate surface area is 310 Å². The van der Waals surface area contributed by atoms with Crippen molar-refractivity contribution >= 4 is 54.5 Å². The van der Waals surface area contributed by atoms with Gasteiger partial charge in [0.25, 0.3) is 0 Å². The molecule has 0 radical (unpaired) electrons. The normalized spacial score (nSPS) is 11.7. The van der Waals surface area contributed by atoms with E-state index in [1.165, 1.54) is 32.6 Å². The van der Waals surface area contributed by atoms with Crippen LogP contribution in [0.4, 0.5) is 0 Å². The molecule has 0 aliphatic carbocycles. The lowest BCUT2D eigenvalue weighted by Gasteiger charge is -2.09. The minimum absolute atomic E-state index is 0.600. The van der Waals surface area contributed by atoms with Crippen LogP contribution in [0.2, 0.25) is 0 Å². The van der Waals surface area contributed by atoms with Crippen LogP contribution in [-0.4, -0.2) is 19.5 Å². The molecule has 3 heterocycles. The standard InChI is InChI=1S/C49H30N4O/c1-4-14-32(15-5-1)47-50-48(33-16-6-2-7-17-33)52-49(51-47)38-21-12-22-44-46(38)40-30-35(25-28-43(40)54-44)34-24-26-41-39(29-34)45-37-20-11-10-13-31(37)23-27-42(45)53(41)36-18-8-3-9-19-36/h1-30H. The van der Waals surface area contributed by atoms with Crippen molar-refractivity contribution in [3.05, 3.63) is 182 Å². The Morgan fingerprint density at radius 3 is 1.72 bits per heavy atom. The van der Waals surface area contributed by atoms with Crippen LogP contribution in [0.15, 0.2) is 186 Å². The Bertz CT molecular complexity index is 3140. The predicted octanol–water partition coefficient (Wildman–Crippen LogP) is 12.7. The van der Waals surface area contributed by atoms with Crippen LogP contribution in [0.25, 0.3) is 105 Å². The van der Waals surface area contributed by atoms with E-state index in [-0.39, 0.29) is 0 Å².